The molecule has 0 heterocycles. The van der Waals surface area contributed by atoms with Gasteiger partial charge in [-0.15, -0.1) is 11.6 Å². The zero-order chi connectivity index (χ0) is 12.0. The SMILES string of the molecule is COC(C)Cc1ccccc1Cl.ClC1CC1. The minimum Gasteiger partial charge on any atom is -0.381 e. The molecule has 1 nitrogen and oxygen atoms in total. The van der Waals surface area contributed by atoms with Crippen molar-refractivity contribution in [2.24, 2.45) is 0 Å². The van der Waals surface area contributed by atoms with Gasteiger partial charge in [0.2, 0.25) is 0 Å². The molecule has 0 aromatic heterocycles. The fraction of sp³-hybridized carbons (Fsp3) is 0.538. The van der Waals surface area contributed by atoms with E-state index in [0.29, 0.717) is 5.38 Å². The third kappa shape index (κ3) is 5.74. The lowest BCUT2D eigenvalue weighted by Gasteiger charge is -2.09. The van der Waals surface area contributed by atoms with E-state index in [2.05, 4.69) is 0 Å². The van der Waals surface area contributed by atoms with Crippen molar-refractivity contribution in [3.8, 4) is 0 Å². The number of hydrogen-bond acceptors (Lipinski definition) is 1. The Labute approximate surface area is 108 Å². The summed E-state index contributed by atoms with van der Waals surface area (Å²) in [6.07, 6.45) is 3.60. The summed E-state index contributed by atoms with van der Waals surface area (Å²) in [5.74, 6) is 0. The molecule has 1 aromatic rings. The highest BCUT2D eigenvalue weighted by molar-refractivity contribution is 6.31. The van der Waals surface area contributed by atoms with E-state index in [9.17, 15) is 0 Å². The number of benzene rings is 1. The average Bonchev–Trinajstić information content (AvgIpc) is 3.05. The first kappa shape index (κ1) is 13.8. The van der Waals surface area contributed by atoms with Gasteiger partial charge in [-0.25, -0.2) is 0 Å². The largest absolute Gasteiger partial charge is 0.381 e. The van der Waals surface area contributed by atoms with E-state index in [1.807, 2.05) is 31.2 Å². The van der Waals surface area contributed by atoms with E-state index in [1.54, 1.807) is 7.11 Å². The summed E-state index contributed by atoms with van der Waals surface area (Å²) in [7, 11) is 1.71. The van der Waals surface area contributed by atoms with Crippen molar-refractivity contribution in [2.45, 2.75) is 37.7 Å². The molecule has 0 spiro atoms. The second-order valence-electron chi connectivity index (χ2n) is 4.02. The Morgan fingerprint density at radius 1 is 1.38 bits per heavy atom. The predicted molar refractivity (Wildman–Crippen MR) is 70.5 cm³/mol. The number of halogens is 2. The molecule has 0 saturated heterocycles. The van der Waals surface area contributed by atoms with E-state index in [1.165, 1.54) is 12.8 Å². The Balaban J connectivity index is 0.000000267. The summed E-state index contributed by atoms with van der Waals surface area (Å²) in [6.45, 7) is 2.03. The maximum absolute atomic E-state index is 5.97. The van der Waals surface area contributed by atoms with Crippen LogP contribution in [0.15, 0.2) is 24.3 Å². The first-order valence-corrected chi connectivity index (χ1v) is 6.35. The van der Waals surface area contributed by atoms with Gasteiger partial charge in [-0.05, 0) is 37.8 Å². The molecule has 0 amide bonds. The van der Waals surface area contributed by atoms with E-state index in [-0.39, 0.29) is 6.10 Å². The maximum Gasteiger partial charge on any atom is 0.0584 e. The van der Waals surface area contributed by atoms with Gasteiger partial charge in [0.1, 0.15) is 0 Å². The summed E-state index contributed by atoms with van der Waals surface area (Å²) in [6, 6.07) is 7.85. The molecule has 1 aliphatic rings. The van der Waals surface area contributed by atoms with Crippen LogP contribution in [0.2, 0.25) is 5.02 Å². The lowest BCUT2D eigenvalue weighted by atomic mass is 10.1. The third-order valence-electron chi connectivity index (χ3n) is 2.37. The fourth-order valence-corrected chi connectivity index (χ4v) is 1.46. The van der Waals surface area contributed by atoms with E-state index < -0.39 is 0 Å². The van der Waals surface area contributed by atoms with Crippen molar-refractivity contribution in [2.75, 3.05) is 7.11 Å². The molecule has 3 heteroatoms. The van der Waals surface area contributed by atoms with Crippen molar-refractivity contribution in [3.63, 3.8) is 0 Å². The molecule has 90 valence electrons. The van der Waals surface area contributed by atoms with Crippen molar-refractivity contribution in [1.82, 2.24) is 0 Å². The Morgan fingerprint density at radius 3 is 2.38 bits per heavy atom. The topological polar surface area (TPSA) is 9.23 Å². The number of alkyl halides is 1. The minimum absolute atomic E-state index is 0.227. The molecule has 1 aromatic carbocycles. The Morgan fingerprint density at radius 2 is 1.94 bits per heavy atom. The Bertz CT molecular complexity index is 311. The summed E-state index contributed by atoms with van der Waals surface area (Å²) in [4.78, 5) is 0. The number of rotatable bonds is 3. The minimum atomic E-state index is 0.227. The number of methoxy groups -OCH3 is 1. The molecule has 0 bridgehead atoms. The first-order valence-electron chi connectivity index (χ1n) is 5.53. The molecule has 0 radical (unpaired) electrons. The van der Waals surface area contributed by atoms with E-state index in [0.717, 1.165) is 17.0 Å². The summed E-state index contributed by atoms with van der Waals surface area (Å²) >= 11 is 11.4. The molecule has 1 aliphatic carbocycles. The summed E-state index contributed by atoms with van der Waals surface area (Å²) in [5, 5.41) is 1.38. The van der Waals surface area contributed by atoms with Crippen LogP contribution in [0.3, 0.4) is 0 Å². The molecule has 16 heavy (non-hydrogen) atoms. The lowest BCUT2D eigenvalue weighted by Crippen LogP contribution is -2.08. The Kier molecular flexibility index (Phi) is 6.18. The van der Waals surface area contributed by atoms with E-state index >= 15 is 0 Å². The highest BCUT2D eigenvalue weighted by Gasteiger charge is 2.16. The van der Waals surface area contributed by atoms with Gasteiger partial charge in [0.15, 0.2) is 0 Å². The molecule has 2 rings (SSSR count). The van der Waals surface area contributed by atoms with Gasteiger partial charge in [0, 0.05) is 17.5 Å². The van der Waals surface area contributed by atoms with Crippen LogP contribution < -0.4 is 0 Å². The first-order chi connectivity index (χ1) is 7.63. The second-order valence-corrected chi connectivity index (χ2v) is 5.04. The van der Waals surface area contributed by atoms with Crippen LogP contribution in [0, 0.1) is 0 Å². The molecular weight excluding hydrogens is 243 g/mol. The number of hydrogen-bond donors (Lipinski definition) is 0. The van der Waals surface area contributed by atoms with Gasteiger partial charge in [-0.3, -0.25) is 0 Å². The van der Waals surface area contributed by atoms with Gasteiger partial charge in [0.05, 0.1) is 6.10 Å². The van der Waals surface area contributed by atoms with Crippen LogP contribution in [0.4, 0.5) is 0 Å². The van der Waals surface area contributed by atoms with E-state index in [4.69, 9.17) is 27.9 Å². The van der Waals surface area contributed by atoms with Gasteiger partial charge in [-0.1, -0.05) is 29.8 Å². The summed E-state index contributed by atoms with van der Waals surface area (Å²) < 4.78 is 5.15. The van der Waals surface area contributed by atoms with Crippen molar-refractivity contribution in [1.29, 1.82) is 0 Å². The molecule has 1 saturated carbocycles. The zero-order valence-electron chi connectivity index (χ0n) is 9.75. The average molecular weight is 261 g/mol. The fourth-order valence-electron chi connectivity index (χ4n) is 1.12. The monoisotopic (exact) mass is 260 g/mol. The smallest absolute Gasteiger partial charge is 0.0584 e. The normalized spacial score (nSPS) is 16.2. The molecule has 1 atom stereocenters. The standard InChI is InChI=1S/C10H13ClO.C3H5Cl/c1-8(12-2)7-9-5-3-4-6-10(9)11;4-3-1-2-3/h3-6,8H,7H2,1-2H3;3H,1-2H2. The second kappa shape index (κ2) is 7.16. The van der Waals surface area contributed by atoms with Gasteiger partial charge < -0.3 is 4.74 Å². The molecule has 0 N–H and O–H groups in total. The van der Waals surface area contributed by atoms with Crippen molar-refractivity contribution < 1.29 is 4.74 Å². The van der Waals surface area contributed by atoms with Crippen molar-refractivity contribution >= 4 is 23.2 Å². The van der Waals surface area contributed by atoms with Crippen LogP contribution in [0.25, 0.3) is 0 Å². The van der Waals surface area contributed by atoms with Gasteiger partial charge in [0.25, 0.3) is 0 Å². The zero-order valence-corrected chi connectivity index (χ0v) is 11.3. The highest BCUT2D eigenvalue weighted by atomic mass is 35.5. The number of ether oxygens (including phenoxy) is 1. The lowest BCUT2D eigenvalue weighted by molar-refractivity contribution is 0.119. The Hall–Kier alpha value is -0.240. The summed E-state index contributed by atoms with van der Waals surface area (Å²) in [5.41, 5.74) is 1.15. The van der Waals surface area contributed by atoms with Gasteiger partial charge in [-0.2, -0.15) is 0 Å². The highest BCUT2D eigenvalue weighted by Crippen LogP contribution is 2.25. The maximum atomic E-state index is 5.97. The van der Waals surface area contributed by atoms with Crippen LogP contribution in [0.5, 0.6) is 0 Å². The van der Waals surface area contributed by atoms with Crippen LogP contribution in [-0.4, -0.2) is 18.6 Å². The molecular formula is C13H18Cl2O. The molecule has 1 fully saturated rings. The van der Waals surface area contributed by atoms with Crippen molar-refractivity contribution in [3.05, 3.63) is 34.9 Å². The van der Waals surface area contributed by atoms with Crippen LogP contribution in [0.1, 0.15) is 25.3 Å². The third-order valence-corrected chi connectivity index (χ3v) is 3.18. The molecule has 0 aliphatic heterocycles. The quantitative estimate of drug-likeness (QED) is 0.737. The van der Waals surface area contributed by atoms with Gasteiger partial charge >= 0.3 is 0 Å². The van der Waals surface area contributed by atoms with Crippen LogP contribution >= 0.6 is 23.2 Å². The van der Waals surface area contributed by atoms with Crippen LogP contribution in [-0.2, 0) is 11.2 Å². The molecule has 1 unspecified atom stereocenters. The predicted octanol–water partition coefficient (Wildman–Crippen LogP) is 4.31.